The number of aldehydes is 1. The van der Waals surface area contributed by atoms with Crippen molar-refractivity contribution in [3.8, 4) is 0 Å². The molecule has 0 aliphatic carbocycles. The van der Waals surface area contributed by atoms with Gasteiger partial charge >= 0.3 is 0 Å². The third-order valence-electron chi connectivity index (χ3n) is 2.50. The van der Waals surface area contributed by atoms with E-state index >= 15 is 0 Å². The van der Waals surface area contributed by atoms with Crippen molar-refractivity contribution in [2.75, 3.05) is 0 Å². The predicted molar refractivity (Wildman–Crippen MR) is 65.2 cm³/mol. The Labute approximate surface area is 99.2 Å². The van der Waals surface area contributed by atoms with Crippen LogP contribution in [0.2, 0.25) is 5.02 Å². The average molecular weight is 237 g/mol. The summed E-state index contributed by atoms with van der Waals surface area (Å²) in [5.74, 6) is 0.893. The zero-order chi connectivity index (χ0) is 11.7. The summed E-state index contributed by atoms with van der Waals surface area (Å²) in [5, 5.41) is 1.61. The van der Waals surface area contributed by atoms with Crippen LogP contribution in [0.5, 0.6) is 0 Å². The second kappa shape index (κ2) is 4.30. The molecule has 16 heavy (non-hydrogen) atoms. The van der Waals surface area contributed by atoms with Crippen molar-refractivity contribution >= 4 is 28.9 Å². The van der Waals surface area contributed by atoms with E-state index in [0.717, 1.165) is 29.2 Å². The number of fused-ring (bicyclic) bond motifs is 1. The Balaban J connectivity index is 2.65. The molecule has 84 valence electrons. The molecule has 0 fully saturated rings. The van der Waals surface area contributed by atoms with Crippen molar-refractivity contribution in [1.82, 2.24) is 0 Å². The number of rotatable bonds is 3. The fraction of sp³-hybridized carbons (Fsp3) is 0.308. The molecule has 2 aromatic rings. The fourth-order valence-electron chi connectivity index (χ4n) is 1.85. The van der Waals surface area contributed by atoms with Gasteiger partial charge in [0.25, 0.3) is 0 Å². The third kappa shape index (κ3) is 1.98. The summed E-state index contributed by atoms with van der Waals surface area (Å²) in [6, 6.07) is 5.42. The van der Waals surface area contributed by atoms with Crippen LogP contribution in [0.3, 0.4) is 0 Å². The molecular formula is C13H13ClO2. The van der Waals surface area contributed by atoms with Gasteiger partial charge in [-0.3, -0.25) is 4.79 Å². The second-order valence-corrected chi connectivity index (χ2v) is 4.74. The molecule has 0 amide bonds. The highest BCUT2D eigenvalue weighted by Crippen LogP contribution is 2.29. The van der Waals surface area contributed by atoms with E-state index in [0.29, 0.717) is 16.7 Å². The van der Waals surface area contributed by atoms with Crippen LogP contribution in [0.25, 0.3) is 11.0 Å². The van der Waals surface area contributed by atoms with Crippen LogP contribution in [0.15, 0.2) is 22.6 Å². The number of hydrogen-bond acceptors (Lipinski definition) is 2. The topological polar surface area (TPSA) is 30.2 Å². The van der Waals surface area contributed by atoms with Gasteiger partial charge in [-0.2, -0.15) is 0 Å². The molecule has 0 aliphatic heterocycles. The van der Waals surface area contributed by atoms with Gasteiger partial charge in [0, 0.05) is 16.0 Å². The second-order valence-electron chi connectivity index (χ2n) is 4.30. The maximum absolute atomic E-state index is 10.9. The lowest BCUT2D eigenvalue weighted by Gasteiger charge is -2.02. The monoisotopic (exact) mass is 236 g/mol. The normalized spacial score (nSPS) is 11.2. The summed E-state index contributed by atoms with van der Waals surface area (Å²) in [6.07, 6.45) is 1.59. The van der Waals surface area contributed by atoms with Gasteiger partial charge < -0.3 is 4.42 Å². The molecule has 0 atom stereocenters. The first-order chi connectivity index (χ1) is 7.61. The van der Waals surface area contributed by atoms with E-state index in [2.05, 4.69) is 13.8 Å². The molecule has 0 saturated heterocycles. The first-order valence-electron chi connectivity index (χ1n) is 5.28. The maximum Gasteiger partial charge on any atom is 0.185 e. The van der Waals surface area contributed by atoms with Crippen LogP contribution >= 0.6 is 11.6 Å². The van der Waals surface area contributed by atoms with Gasteiger partial charge in [0.15, 0.2) is 12.0 Å². The summed E-state index contributed by atoms with van der Waals surface area (Å²) in [6.45, 7) is 4.22. The van der Waals surface area contributed by atoms with Gasteiger partial charge in [-0.15, -0.1) is 0 Å². The Kier molecular flexibility index (Phi) is 3.01. The molecule has 0 bridgehead atoms. The molecular weight excluding hydrogens is 224 g/mol. The van der Waals surface area contributed by atoms with E-state index in [9.17, 15) is 4.79 Å². The van der Waals surface area contributed by atoms with Crippen LogP contribution < -0.4 is 0 Å². The average Bonchev–Trinajstić information content (AvgIpc) is 2.56. The van der Waals surface area contributed by atoms with Crippen LogP contribution in [0, 0.1) is 5.92 Å². The molecule has 2 nitrogen and oxygen atoms in total. The van der Waals surface area contributed by atoms with Crippen molar-refractivity contribution in [2.24, 2.45) is 5.92 Å². The van der Waals surface area contributed by atoms with Crippen LogP contribution in [0.4, 0.5) is 0 Å². The third-order valence-corrected chi connectivity index (χ3v) is 2.74. The minimum atomic E-state index is 0.422. The van der Waals surface area contributed by atoms with Gasteiger partial charge in [0.2, 0.25) is 0 Å². The predicted octanol–water partition coefficient (Wildman–Crippen LogP) is 4.10. The molecule has 0 spiro atoms. The van der Waals surface area contributed by atoms with Crippen molar-refractivity contribution in [3.63, 3.8) is 0 Å². The highest BCUT2D eigenvalue weighted by molar-refractivity contribution is 6.31. The zero-order valence-corrected chi connectivity index (χ0v) is 10.0. The van der Waals surface area contributed by atoms with Gasteiger partial charge in [-0.05, 0) is 30.5 Å². The van der Waals surface area contributed by atoms with E-state index in [1.165, 1.54) is 0 Å². The molecule has 0 saturated carbocycles. The van der Waals surface area contributed by atoms with Crippen LogP contribution in [-0.2, 0) is 6.42 Å². The van der Waals surface area contributed by atoms with Gasteiger partial charge in [0.1, 0.15) is 5.58 Å². The van der Waals surface area contributed by atoms with Gasteiger partial charge in [-0.1, -0.05) is 25.4 Å². The molecule has 1 heterocycles. The van der Waals surface area contributed by atoms with E-state index in [-0.39, 0.29) is 0 Å². The van der Waals surface area contributed by atoms with E-state index in [1.807, 2.05) is 6.07 Å². The number of carbonyl (C=O) groups excluding carboxylic acids is 1. The van der Waals surface area contributed by atoms with Crippen molar-refractivity contribution < 1.29 is 9.21 Å². The van der Waals surface area contributed by atoms with E-state index in [4.69, 9.17) is 16.0 Å². The Morgan fingerprint density at radius 3 is 2.81 bits per heavy atom. The summed E-state index contributed by atoms with van der Waals surface area (Å²) in [4.78, 5) is 10.9. The lowest BCUT2D eigenvalue weighted by Crippen LogP contribution is -1.96. The van der Waals surface area contributed by atoms with Gasteiger partial charge in [0.05, 0.1) is 0 Å². The molecule has 3 heteroatoms. The Morgan fingerprint density at radius 2 is 2.19 bits per heavy atom. The quantitative estimate of drug-likeness (QED) is 0.751. The number of halogens is 1. The smallest absolute Gasteiger partial charge is 0.185 e. The minimum absolute atomic E-state index is 0.422. The Hall–Kier alpha value is -1.28. The SMILES string of the molecule is CC(C)Cc1c(C=O)oc2ccc(Cl)cc12. The standard InChI is InChI=1S/C13H13ClO2/c1-8(2)5-10-11-6-9(14)3-4-12(11)16-13(10)7-15/h3-4,6-8H,5H2,1-2H3. The van der Waals surface area contributed by atoms with Crippen LogP contribution in [0.1, 0.15) is 30.0 Å². The van der Waals surface area contributed by atoms with Gasteiger partial charge in [-0.25, -0.2) is 0 Å². The Bertz CT molecular complexity index is 526. The Morgan fingerprint density at radius 1 is 1.44 bits per heavy atom. The fourth-order valence-corrected chi connectivity index (χ4v) is 2.03. The number of benzene rings is 1. The lowest BCUT2D eigenvalue weighted by molar-refractivity contribution is 0.110. The summed E-state index contributed by atoms with van der Waals surface area (Å²) in [7, 11) is 0. The summed E-state index contributed by atoms with van der Waals surface area (Å²) >= 11 is 5.95. The first-order valence-corrected chi connectivity index (χ1v) is 5.65. The maximum atomic E-state index is 10.9. The highest BCUT2D eigenvalue weighted by Gasteiger charge is 2.14. The van der Waals surface area contributed by atoms with Crippen molar-refractivity contribution in [1.29, 1.82) is 0 Å². The van der Waals surface area contributed by atoms with Crippen LogP contribution in [-0.4, -0.2) is 6.29 Å². The highest BCUT2D eigenvalue weighted by atomic mass is 35.5. The van der Waals surface area contributed by atoms with Crippen molar-refractivity contribution in [3.05, 3.63) is 34.5 Å². The molecule has 1 aromatic carbocycles. The van der Waals surface area contributed by atoms with Crippen molar-refractivity contribution in [2.45, 2.75) is 20.3 Å². The molecule has 2 rings (SSSR count). The number of carbonyl (C=O) groups is 1. The lowest BCUT2D eigenvalue weighted by atomic mass is 10.0. The molecule has 0 unspecified atom stereocenters. The molecule has 0 N–H and O–H groups in total. The number of furan rings is 1. The molecule has 0 radical (unpaired) electrons. The first kappa shape index (κ1) is 11.2. The van der Waals surface area contributed by atoms with E-state index < -0.39 is 0 Å². The largest absolute Gasteiger partial charge is 0.453 e. The molecule has 1 aromatic heterocycles. The molecule has 0 aliphatic rings. The summed E-state index contributed by atoms with van der Waals surface area (Å²) in [5.41, 5.74) is 1.68. The zero-order valence-electron chi connectivity index (χ0n) is 9.29. The number of hydrogen-bond donors (Lipinski definition) is 0. The summed E-state index contributed by atoms with van der Waals surface area (Å²) < 4.78 is 5.48. The minimum Gasteiger partial charge on any atom is -0.453 e. The van der Waals surface area contributed by atoms with E-state index in [1.54, 1.807) is 12.1 Å².